The monoisotopic (exact) mass is 641 g/mol. The van der Waals surface area contributed by atoms with E-state index in [4.69, 9.17) is 9.47 Å². The van der Waals surface area contributed by atoms with Crippen LogP contribution in [0.2, 0.25) is 0 Å². The molecule has 5 nitrogen and oxygen atoms in total. The van der Waals surface area contributed by atoms with Crippen LogP contribution in [0.4, 0.5) is 0 Å². The maximum Gasteiger partial charge on any atom is 0.306 e. The molecule has 0 bridgehead atoms. The van der Waals surface area contributed by atoms with Crippen molar-refractivity contribution in [2.24, 2.45) is 0 Å². The van der Waals surface area contributed by atoms with Crippen molar-refractivity contribution >= 4 is 11.9 Å². The first-order valence-electron chi connectivity index (χ1n) is 18.5. The Morgan fingerprint density at radius 2 is 0.935 bits per heavy atom. The zero-order valence-corrected chi connectivity index (χ0v) is 29.6. The number of esters is 2. The summed E-state index contributed by atoms with van der Waals surface area (Å²) in [6.07, 6.45) is 48.1. The van der Waals surface area contributed by atoms with E-state index >= 15 is 0 Å². The van der Waals surface area contributed by atoms with Gasteiger partial charge >= 0.3 is 11.9 Å². The third-order valence-electron chi connectivity index (χ3n) is 7.48. The van der Waals surface area contributed by atoms with Gasteiger partial charge in [-0.05, 0) is 83.5 Å². The second-order valence-electron chi connectivity index (χ2n) is 11.9. The molecular weight excluding hydrogens is 572 g/mol. The van der Waals surface area contributed by atoms with Gasteiger partial charge in [0.25, 0.3) is 0 Å². The van der Waals surface area contributed by atoms with Crippen LogP contribution in [0, 0.1) is 0 Å². The molecule has 262 valence electrons. The maximum absolute atomic E-state index is 12.1. The third-order valence-corrected chi connectivity index (χ3v) is 7.48. The van der Waals surface area contributed by atoms with Gasteiger partial charge in [-0.15, -0.1) is 0 Å². The Bertz CT molecular complexity index is 864. The lowest BCUT2D eigenvalue weighted by Gasteiger charge is -2.15. The summed E-state index contributed by atoms with van der Waals surface area (Å²) >= 11 is 0. The van der Waals surface area contributed by atoms with E-state index in [0.29, 0.717) is 12.8 Å². The fraction of sp³-hybridized carbons (Fsp3) is 0.659. The molecule has 0 saturated carbocycles. The molecule has 0 rings (SSSR count). The average molecular weight is 641 g/mol. The summed E-state index contributed by atoms with van der Waals surface area (Å²) in [5, 5.41) is 9.53. The highest BCUT2D eigenvalue weighted by molar-refractivity contribution is 5.70. The molecule has 1 N–H and O–H groups in total. The van der Waals surface area contributed by atoms with Crippen LogP contribution in [-0.4, -0.2) is 36.4 Å². The molecule has 0 aromatic heterocycles. The summed E-state index contributed by atoms with van der Waals surface area (Å²) in [5.74, 6) is -0.644. The number of aliphatic hydroxyl groups is 1. The number of carbonyl (C=O) groups is 2. The zero-order valence-electron chi connectivity index (χ0n) is 29.6. The van der Waals surface area contributed by atoms with Crippen molar-refractivity contribution < 1.29 is 24.2 Å². The van der Waals surface area contributed by atoms with E-state index in [-0.39, 0.29) is 25.2 Å². The summed E-state index contributed by atoms with van der Waals surface area (Å²) in [7, 11) is 0. The third kappa shape index (κ3) is 34.2. The minimum absolute atomic E-state index is 0.0885. The fourth-order valence-electron chi connectivity index (χ4n) is 4.69. The Labute approximate surface area is 283 Å². The number of aliphatic hydroxyl groups excluding tert-OH is 1. The van der Waals surface area contributed by atoms with Gasteiger partial charge in [-0.2, -0.15) is 0 Å². The van der Waals surface area contributed by atoms with Crippen molar-refractivity contribution in [2.45, 2.75) is 161 Å². The average Bonchev–Trinajstić information content (AvgIpc) is 3.06. The molecule has 0 amide bonds. The summed E-state index contributed by atoms with van der Waals surface area (Å²) < 4.78 is 10.6. The van der Waals surface area contributed by atoms with Crippen molar-refractivity contribution in [1.29, 1.82) is 0 Å². The molecular formula is C41H68O5. The predicted molar refractivity (Wildman–Crippen MR) is 196 cm³/mol. The Hall–Kier alpha value is -2.66. The molecule has 0 heterocycles. The Balaban J connectivity index is 3.67. The molecule has 1 atom stereocenters. The van der Waals surface area contributed by atoms with Crippen LogP contribution in [0.15, 0.2) is 72.9 Å². The Morgan fingerprint density at radius 1 is 0.522 bits per heavy atom. The number of hydrogen-bond donors (Lipinski definition) is 1. The first-order valence-corrected chi connectivity index (χ1v) is 18.5. The summed E-state index contributed by atoms with van der Waals surface area (Å²) in [6.45, 7) is 3.94. The first-order chi connectivity index (χ1) is 22.6. The predicted octanol–water partition coefficient (Wildman–Crippen LogP) is 11.4. The lowest BCUT2D eigenvalue weighted by Crippen LogP contribution is -2.28. The highest BCUT2D eigenvalue weighted by Gasteiger charge is 2.16. The molecule has 0 aliphatic heterocycles. The minimum atomic E-state index is -0.792. The van der Waals surface area contributed by atoms with Crippen LogP contribution in [0.5, 0.6) is 0 Å². The van der Waals surface area contributed by atoms with E-state index in [1.807, 2.05) is 0 Å². The number of ether oxygens (including phenoxy) is 2. The Kier molecular flexibility index (Phi) is 34.7. The topological polar surface area (TPSA) is 72.8 Å². The Morgan fingerprint density at radius 3 is 1.41 bits per heavy atom. The summed E-state index contributed by atoms with van der Waals surface area (Å²) in [5.41, 5.74) is 0. The normalized spacial score (nSPS) is 13.0. The van der Waals surface area contributed by atoms with Gasteiger partial charge in [-0.3, -0.25) is 9.59 Å². The number of carbonyl (C=O) groups excluding carboxylic acids is 2. The smallest absolute Gasteiger partial charge is 0.306 e. The van der Waals surface area contributed by atoms with Gasteiger partial charge in [0.15, 0.2) is 6.10 Å². The van der Waals surface area contributed by atoms with E-state index in [2.05, 4.69) is 86.8 Å². The quantitative estimate of drug-likeness (QED) is 0.0450. The molecule has 0 fully saturated rings. The van der Waals surface area contributed by atoms with Crippen LogP contribution in [-0.2, 0) is 19.1 Å². The van der Waals surface area contributed by atoms with Crippen molar-refractivity contribution in [3.8, 4) is 0 Å². The highest BCUT2D eigenvalue weighted by atomic mass is 16.6. The van der Waals surface area contributed by atoms with Gasteiger partial charge in [0.2, 0.25) is 0 Å². The summed E-state index contributed by atoms with van der Waals surface area (Å²) in [4.78, 5) is 24.2. The lowest BCUT2D eigenvalue weighted by atomic mass is 10.1. The first kappa shape index (κ1) is 43.3. The van der Waals surface area contributed by atoms with Crippen LogP contribution >= 0.6 is 0 Å². The molecule has 0 unspecified atom stereocenters. The molecule has 46 heavy (non-hydrogen) atoms. The molecule has 0 aromatic carbocycles. The fourth-order valence-corrected chi connectivity index (χ4v) is 4.69. The maximum atomic E-state index is 12.1. The van der Waals surface area contributed by atoms with E-state index in [1.54, 1.807) is 0 Å². The van der Waals surface area contributed by atoms with E-state index in [1.165, 1.54) is 25.7 Å². The van der Waals surface area contributed by atoms with Crippen molar-refractivity contribution in [1.82, 2.24) is 0 Å². The van der Waals surface area contributed by atoms with E-state index in [9.17, 15) is 14.7 Å². The van der Waals surface area contributed by atoms with Gasteiger partial charge in [-0.25, -0.2) is 0 Å². The standard InChI is InChI=1S/C41H68O5/c1-3-5-7-9-11-13-15-17-19-20-22-23-25-27-29-31-33-35-40(43)45-38-39(37-42)46-41(44)36-34-32-30-28-26-24-21-18-16-14-12-10-8-6-4-2/h6,8,11-14,17-19,21-23,39,42H,3-5,7,9-10,15-16,20,24-38H2,1-2H3/b8-6-,13-11-,14-12-,19-17-,21-18-,23-22-/t39-/m0/s1. The summed E-state index contributed by atoms with van der Waals surface area (Å²) in [6, 6.07) is 0. The van der Waals surface area contributed by atoms with Crippen molar-refractivity contribution in [3.05, 3.63) is 72.9 Å². The van der Waals surface area contributed by atoms with E-state index < -0.39 is 6.10 Å². The molecule has 5 heteroatoms. The van der Waals surface area contributed by atoms with Gasteiger partial charge in [-0.1, -0.05) is 132 Å². The SMILES string of the molecule is CC/C=C\C/C=C\C/C=C\CCCCCCCC(=O)O[C@@H](CO)COC(=O)CCCCCC/C=C\C/C=C\C/C=C\CCCCC. The van der Waals surface area contributed by atoms with Crippen LogP contribution in [0.3, 0.4) is 0 Å². The van der Waals surface area contributed by atoms with Crippen LogP contribution in [0.25, 0.3) is 0 Å². The molecule has 0 saturated heterocycles. The second kappa shape index (κ2) is 36.8. The minimum Gasteiger partial charge on any atom is -0.462 e. The van der Waals surface area contributed by atoms with Gasteiger partial charge in [0.1, 0.15) is 6.61 Å². The van der Waals surface area contributed by atoms with Crippen molar-refractivity contribution in [3.63, 3.8) is 0 Å². The molecule has 0 aliphatic rings. The molecule has 0 aliphatic carbocycles. The number of unbranched alkanes of at least 4 members (excludes halogenated alkanes) is 12. The highest BCUT2D eigenvalue weighted by Crippen LogP contribution is 2.11. The van der Waals surface area contributed by atoms with Crippen LogP contribution in [0.1, 0.15) is 155 Å². The zero-order chi connectivity index (χ0) is 33.6. The molecule has 0 spiro atoms. The molecule has 0 aromatic rings. The number of rotatable bonds is 32. The largest absolute Gasteiger partial charge is 0.462 e. The van der Waals surface area contributed by atoms with Gasteiger partial charge < -0.3 is 14.6 Å². The van der Waals surface area contributed by atoms with E-state index in [0.717, 1.165) is 103 Å². The number of allylic oxidation sites excluding steroid dienone is 12. The van der Waals surface area contributed by atoms with Crippen molar-refractivity contribution in [2.75, 3.05) is 13.2 Å². The number of hydrogen-bond acceptors (Lipinski definition) is 5. The van der Waals surface area contributed by atoms with Gasteiger partial charge in [0, 0.05) is 12.8 Å². The van der Waals surface area contributed by atoms with Crippen LogP contribution < -0.4 is 0 Å². The molecule has 0 radical (unpaired) electrons. The second-order valence-corrected chi connectivity index (χ2v) is 11.9. The van der Waals surface area contributed by atoms with Gasteiger partial charge in [0.05, 0.1) is 6.61 Å². The lowest BCUT2D eigenvalue weighted by molar-refractivity contribution is -0.161.